The SMILES string of the molecule is COc1cc(OC)c2c(c1Cl)O[C@]1(C2=O)C(O)c2c(nn(C)c2-c2ccc(Cl)cc2)C[C@H]1C. The summed E-state index contributed by atoms with van der Waals surface area (Å²) in [6, 6.07) is 8.81. The van der Waals surface area contributed by atoms with Crippen LogP contribution in [0.4, 0.5) is 0 Å². The molecule has 172 valence electrons. The zero-order chi connectivity index (χ0) is 23.7. The Morgan fingerprint density at radius 2 is 1.85 bits per heavy atom. The molecule has 2 aliphatic rings. The number of carbonyl (C=O) groups excluding carboxylic acids is 1. The number of ether oxygens (including phenoxy) is 3. The lowest BCUT2D eigenvalue weighted by atomic mass is 9.69. The van der Waals surface area contributed by atoms with Crippen molar-refractivity contribution in [3.8, 4) is 28.5 Å². The van der Waals surface area contributed by atoms with Crippen molar-refractivity contribution in [3.63, 3.8) is 0 Å². The van der Waals surface area contributed by atoms with Gasteiger partial charge in [-0.25, -0.2) is 0 Å². The van der Waals surface area contributed by atoms with Crippen molar-refractivity contribution in [1.82, 2.24) is 9.78 Å². The maximum atomic E-state index is 13.9. The Morgan fingerprint density at radius 1 is 1.18 bits per heavy atom. The molecular weight excluding hydrogens is 467 g/mol. The molecule has 1 aliphatic carbocycles. The van der Waals surface area contributed by atoms with Gasteiger partial charge in [-0.1, -0.05) is 42.3 Å². The van der Waals surface area contributed by atoms with Crippen LogP contribution in [0.1, 0.15) is 34.6 Å². The molecule has 5 rings (SSSR count). The van der Waals surface area contributed by atoms with E-state index in [0.29, 0.717) is 28.5 Å². The second-order valence-corrected chi connectivity index (χ2v) is 9.19. The molecule has 1 aliphatic heterocycles. The van der Waals surface area contributed by atoms with Crippen LogP contribution in [-0.2, 0) is 13.5 Å². The van der Waals surface area contributed by atoms with Crippen LogP contribution >= 0.6 is 23.2 Å². The lowest BCUT2D eigenvalue weighted by molar-refractivity contribution is -0.0634. The minimum Gasteiger partial charge on any atom is -0.496 e. The Hall–Kier alpha value is -2.74. The highest BCUT2D eigenvalue weighted by Gasteiger charge is 2.62. The molecule has 0 radical (unpaired) electrons. The van der Waals surface area contributed by atoms with Crippen molar-refractivity contribution in [2.24, 2.45) is 13.0 Å². The summed E-state index contributed by atoms with van der Waals surface area (Å²) in [5.41, 5.74) is 1.41. The summed E-state index contributed by atoms with van der Waals surface area (Å²) >= 11 is 12.6. The number of aliphatic hydroxyl groups excluding tert-OH is 1. The first-order valence-corrected chi connectivity index (χ1v) is 11.2. The zero-order valence-corrected chi connectivity index (χ0v) is 20.0. The molecule has 3 aromatic rings. The first-order chi connectivity index (χ1) is 15.7. The average Bonchev–Trinajstić information content (AvgIpc) is 3.29. The van der Waals surface area contributed by atoms with Crippen molar-refractivity contribution in [3.05, 3.63) is 57.2 Å². The van der Waals surface area contributed by atoms with Gasteiger partial charge < -0.3 is 19.3 Å². The number of Topliss-reactive ketones (excluding diaryl/α,β-unsaturated/α-hetero) is 1. The second kappa shape index (κ2) is 7.65. The van der Waals surface area contributed by atoms with Crippen molar-refractivity contribution < 1.29 is 24.1 Å². The van der Waals surface area contributed by atoms with E-state index in [1.165, 1.54) is 14.2 Å². The van der Waals surface area contributed by atoms with E-state index in [1.54, 1.807) is 22.9 Å². The van der Waals surface area contributed by atoms with Crippen LogP contribution < -0.4 is 14.2 Å². The molecule has 1 N–H and O–H groups in total. The summed E-state index contributed by atoms with van der Waals surface area (Å²) in [6.45, 7) is 1.87. The summed E-state index contributed by atoms with van der Waals surface area (Å²) in [4.78, 5) is 13.9. The molecule has 33 heavy (non-hydrogen) atoms. The van der Waals surface area contributed by atoms with Gasteiger partial charge in [-0.15, -0.1) is 0 Å². The van der Waals surface area contributed by atoms with E-state index in [0.717, 1.165) is 11.3 Å². The van der Waals surface area contributed by atoms with Gasteiger partial charge >= 0.3 is 0 Å². The molecule has 9 heteroatoms. The minimum absolute atomic E-state index is 0.157. The summed E-state index contributed by atoms with van der Waals surface area (Å²) in [7, 11) is 4.74. The number of aryl methyl sites for hydroxylation is 1. The van der Waals surface area contributed by atoms with Crippen LogP contribution in [-0.4, -0.2) is 40.5 Å². The predicted molar refractivity (Wildman–Crippen MR) is 124 cm³/mol. The Labute approximate surface area is 200 Å². The number of ketones is 1. The normalized spacial score (nSPS) is 23.3. The highest BCUT2D eigenvalue weighted by Crippen LogP contribution is 2.57. The molecule has 0 fully saturated rings. The predicted octanol–water partition coefficient (Wildman–Crippen LogP) is 4.65. The van der Waals surface area contributed by atoms with Crippen molar-refractivity contribution >= 4 is 29.0 Å². The maximum absolute atomic E-state index is 13.9. The van der Waals surface area contributed by atoms with Crippen molar-refractivity contribution in [2.45, 2.75) is 25.0 Å². The first-order valence-electron chi connectivity index (χ1n) is 10.4. The molecule has 7 nitrogen and oxygen atoms in total. The third-order valence-corrected chi connectivity index (χ3v) is 7.24. The number of fused-ring (bicyclic) bond motifs is 2. The average molecular weight is 489 g/mol. The van der Waals surface area contributed by atoms with Gasteiger partial charge in [0.2, 0.25) is 11.4 Å². The molecular formula is C24H22Cl2N2O5. The third-order valence-electron chi connectivity index (χ3n) is 6.63. The van der Waals surface area contributed by atoms with Crippen LogP contribution in [0.5, 0.6) is 17.2 Å². The zero-order valence-electron chi connectivity index (χ0n) is 18.5. The minimum atomic E-state index is -1.58. The number of aromatic nitrogens is 2. The lowest BCUT2D eigenvalue weighted by Gasteiger charge is -2.40. The molecule has 2 heterocycles. The number of aliphatic hydroxyl groups is 1. The van der Waals surface area contributed by atoms with E-state index in [1.807, 2.05) is 26.1 Å². The molecule has 0 bridgehead atoms. The van der Waals surface area contributed by atoms with Gasteiger partial charge in [0.15, 0.2) is 5.75 Å². The van der Waals surface area contributed by atoms with Gasteiger partial charge in [-0.2, -0.15) is 5.10 Å². The quantitative estimate of drug-likeness (QED) is 0.577. The molecule has 0 saturated heterocycles. The molecule has 3 atom stereocenters. The van der Waals surface area contributed by atoms with Crippen molar-refractivity contribution in [2.75, 3.05) is 14.2 Å². The van der Waals surface area contributed by atoms with Crippen LogP contribution in [0.2, 0.25) is 10.0 Å². The number of benzene rings is 2. The fourth-order valence-electron chi connectivity index (χ4n) is 5.03. The van der Waals surface area contributed by atoms with E-state index < -0.39 is 11.7 Å². The van der Waals surface area contributed by atoms with Gasteiger partial charge in [0, 0.05) is 35.2 Å². The lowest BCUT2D eigenvalue weighted by Crippen LogP contribution is -2.54. The Morgan fingerprint density at radius 3 is 2.48 bits per heavy atom. The molecule has 1 unspecified atom stereocenters. The van der Waals surface area contributed by atoms with E-state index >= 15 is 0 Å². The Balaban J connectivity index is 1.70. The highest BCUT2D eigenvalue weighted by molar-refractivity contribution is 6.35. The van der Waals surface area contributed by atoms with E-state index in [9.17, 15) is 9.90 Å². The monoisotopic (exact) mass is 488 g/mol. The maximum Gasteiger partial charge on any atom is 0.217 e. The summed E-state index contributed by atoms with van der Waals surface area (Å²) in [6.07, 6.45) is -0.854. The van der Waals surface area contributed by atoms with Gasteiger partial charge in [0.1, 0.15) is 28.2 Å². The van der Waals surface area contributed by atoms with Crippen LogP contribution in [0, 0.1) is 5.92 Å². The summed E-state index contributed by atoms with van der Waals surface area (Å²) < 4.78 is 18.8. The third kappa shape index (κ3) is 2.92. The van der Waals surface area contributed by atoms with Gasteiger partial charge in [0.25, 0.3) is 0 Å². The number of hydrogen-bond acceptors (Lipinski definition) is 6. The fraction of sp³-hybridized carbons (Fsp3) is 0.333. The smallest absolute Gasteiger partial charge is 0.217 e. The molecule has 0 amide bonds. The highest BCUT2D eigenvalue weighted by atomic mass is 35.5. The van der Waals surface area contributed by atoms with E-state index in [-0.39, 0.29) is 33.8 Å². The Kier molecular flexibility index (Phi) is 5.12. The van der Waals surface area contributed by atoms with E-state index in [4.69, 9.17) is 37.4 Å². The number of rotatable bonds is 3. The van der Waals surface area contributed by atoms with Gasteiger partial charge in [-0.3, -0.25) is 9.48 Å². The number of halogens is 2. The standard InChI is InChI=1S/C24H22Cl2N2O5/c1-11-9-14-17(20(28(2)27-14)12-5-7-13(25)8-6-12)22(29)24(11)23(30)18-15(31-3)10-16(32-4)19(26)21(18)33-24/h5-8,10-11,22,29H,9H2,1-4H3/t11-,22?,24+/m1/s1. The van der Waals surface area contributed by atoms with Crippen LogP contribution in [0.15, 0.2) is 30.3 Å². The van der Waals surface area contributed by atoms with Gasteiger partial charge in [-0.05, 0) is 18.6 Å². The van der Waals surface area contributed by atoms with Crippen LogP contribution in [0.3, 0.4) is 0 Å². The van der Waals surface area contributed by atoms with Gasteiger partial charge in [0.05, 0.1) is 25.6 Å². The number of hydrogen-bond donors (Lipinski definition) is 1. The first kappa shape index (κ1) is 22.1. The summed E-state index contributed by atoms with van der Waals surface area (Å²) in [5.74, 6) is -0.0133. The largest absolute Gasteiger partial charge is 0.496 e. The molecule has 0 saturated carbocycles. The molecule has 2 aromatic carbocycles. The van der Waals surface area contributed by atoms with Crippen molar-refractivity contribution in [1.29, 1.82) is 0 Å². The van der Waals surface area contributed by atoms with E-state index in [2.05, 4.69) is 5.10 Å². The van der Waals surface area contributed by atoms with Crippen LogP contribution in [0.25, 0.3) is 11.3 Å². The fourth-order valence-corrected chi connectivity index (χ4v) is 5.42. The second-order valence-electron chi connectivity index (χ2n) is 8.37. The number of methoxy groups -OCH3 is 2. The number of carbonyl (C=O) groups is 1. The number of nitrogens with zero attached hydrogens (tertiary/aromatic N) is 2. The topological polar surface area (TPSA) is 82.8 Å². The molecule has 1 spiro atoms. The Bertz CT molecular complexity index is 1290. The summed E-state index contributed by atoms with van der Waals surface area (Å²) in [5, 5.41) is 17.2. The molecule has 1 aromatic heterocycles.